The van der Waals surface area contributed by atoms with Crippen LogP contribution in [-0.4, -0.2) is 38.6 Å². The number of halogens is 2. The van der Waals surface area contributed by atoms with Gasteiger partial charge in [0.2, 0.25) is 5.91 Å². The molecule has 1 amide bonds. The van der Waals surface area contributed by atoms with Gasteiger partial charge < -0.3 is 15.1 Å². The fraction of sp³-hybridized carbons (Fsp3) is 0.611. The molecule has 1 saturated heterocycles. The summed E-state index contributed by atoms with van der Waals surface area (Å²) in [6.45, 7) is 7.10. The molecule has 1 saturated carbocycles. The van der Waals surface area contributed by atoms with Gasteiger partial charge in [-0.25, -0.2) is 0 Å². The van der Waals surface area contributed by atoms with Crippen LogP contribution >= 0.6 is 24.8 Å². The molecule has 4 rings (SSSR count). The average Bonchev–Trinajstić information content (AvgIpc) is 3.26. The fourth-order valence-corrected chi connectivity index (χ4v) is 4.34. The van der Waals surface area contributed by atoms with Crippen LogP contribution in [0.5, 0.6) is 0 Å². The maximum atomic E-state index is 13.1. The molecule has 2 fully saturated rings. The van der Waals surface area contributed by atoms with Gasteiger partial charge in [0.1, 0.15) is 0 Å². The number of amides is 1. The minimum Gasteiger partial charge on any atom is -0.368 e. The number of benzene rings is 1. The highest BCUT2D eigenvalue weighted by Crippen LogP contribution is 2.59. The van der Waals surface area contributed by atoms with E-state index in [1.165, 1.54) is 18.5 Å². The van der Waals surface area contributed by atoms with Crippen LogP contribution in [0.3, 0.4) is 0 Å². The molecule has 0 bridgehead atoms. The number of hydrogen-bond donors (Lipinski definition) is 1. The summed E-state index contributed by atoms with van der Waals surface area (Å²) in [6.07, 6.45) is 3.43. The van der Waals surface area contributed by atoms with Gasteiger partial charge in [0, 0.05) is 25.6 Å². The number of carbonyl (C=O) groups is 1. The zero-order valence-corrected chi connectivity index (χ0v) is 15.8. The van der Waals surface area contributed by atoms with E-state index < -0.39 is 0 Å². The van der Waals surface area contributed by atoms with Gasteiger partial charge in [-0.3, -0.25) is 4.79 Å². The highest BCUT2D eigenvalue weighted by molar-refractivity contribution is 6.01. The number of nitrogens with one attached hydrogen (secondary N) is 1. The fourth-order valence-electron chi connectivity index (χ4n) is 4.34. The standard InChI is InChI=1S/C18H25N3O.2ClH/c1-2-20-11-12-21(16-6-4-3-5-15(16)20)17(22)14-13-18(14)7-9-19-10-8-18;;/h3-6,14,19H,2,7-13H2,1H3;2*1H. The average molecular weight is 372 g/mol. The molecule has 0 radical (unpaired) electrons. The first-order chi connectivity index (χ1) is 10.7. The molecule has 1 N–H and O–H groups in total. The van der Waals surface area contributed by atoms with E-state index in [4.69, 9.17) is 0 Å². The molecular weight excluding hydrogens is 345 g/mol. The van der Waals surface area contributed by atoms with Crippen molar-refractivity contribution in [2.75, 3.05) is 42.5 Å². The van der Waals surface area contributed by atoms with Gasteiger partial charge in [0.05, 0.1) is 11.4 Å². The molecule has 1 spiro atoms. The van der Waals surface area contributed by atoms with E-state index in [0.717, 1.165) is 44.8 Å². The Kier molecular flexibility index (Phi) is 6.05. The van der Waals surface area contributed by atoms with Crippen LogP contribution in [0.25, 0.3) is 0 Å². The summed E-state index contributed by atoms with van der Waals surface area (Å²) in [5, 5.41) is 3.42. The lowest BCUT2D eigenvalue weighted by Gasteiger charge is -2.38. The van der Waals surface area contributed by atoms with Crippen LogP contribution in [-0.2, 0) is 4.79 Å². The zero-order valence-electron chi connectivity index (χ0n) is 14.2. The van der Waals surface area contributed by atoms with Crippen molar-refractivity contribution in [1.29, 1.82) is 0 Å². The molecule has 1 unspecified atom stereocenters. The number of rotatable bonds is 2. The predicted molar refractivity (Wildman–Crippen MR) is 104 cm³/mol. The van der Waals surface area contributed by atoms with E-state index in [1.807, 2.05) is 6.07 Å². The van der Waals surface area contributed by atoms with Crippen molar-refractivity contribution in [3.05, 3.63) is 24.3 Å². The Bertz CT molecular complexity index is 589. The van der Waals surface area contributed by atoms with Gasteiger partial charge in [-0.05, 0) is 56.8 Å². The van der Waals surface area contributed by atoms with Crippen molar-refractivity contribution in [3.8, 4) is 0 Å². The maximum absolute atomic E-state index is 13.1. The van der Waals surface area contributed by atoms with E-state index in [9.17, 15) is 4.79 Å². The van der Waals surface area contributed by atoms with Gasteiger partial charge in [0.15, 0.2) is 0 Å². The smallest absolute Gasteiger partial charge is 0.230 e. The number of hydrogen-bond acceptors (Lipinski definition) is 3. The number of nitrogens with zero attached hydrogens (tertiary/aromatic N) is 2. The van der Waals surface area contributed by atoms with Crippen molar-refractivity contribution in [2.24, 2.45) is 11.3 Å². The summed E-state index contributed by atoms with van der Waals surface area (Å²) in [5.74, 6) is 0.626. The van der Waals surface area contributed by atoms with Gasteiger partial charge >= 0.3 is 0 Å². The first kappa shape index (κ1) is 19.4. The second-order valence-corrected chi connectivity index (χ2v) is 6.93. The number of anilines is 2. The number of carbonyl (C=O) groups excluding carboxylic acids is 1. The molecule has 2 heterocycles. The SMILES string of the molecule is CCN1CCN(C(=O)C2CC23CCNCC3)c2ccccc21.Cl.Cl. The normalized spacial score (nSPS) is 23.8. The number of para-hydroxylation sites is 2. The molecule has 3 aliphatic rings. The number of piperidine rings is 1. The van der Waals surface area contributed by atoms with Crippen LogP contribution in [0.4, 0.5) is 11.4 Å². The number of fused-ring (bicyclic) bond motifs is 1. The summed E-state index contributed by atoms with van der Waals surface area (Å²) in [5.41, 5.74) is 2.64. The molecule has 1 aromatic rings. The maximum Gasteiger partial charge on any atom is 0.230 e. The lowest BCUT2D eigenvalue weighted by atomic mass is 9.91. The minimum atomic E-state index is 0. The highest BCUT2D eigenvalue weighted by atomic mass is 35.5. The Balaban J connectivity index is 0.00000104. The molecule has 2 aliphatic heterocycles. The Labute approximate surface area is 156 Å². The molecule has 6 heteroatoms. The summed E-state index contributed by atoms with van der Waals surface area (Å²) in [4.78, 5) is 17.5. The van der Waals surface area contributed by atoms with Crippen LogP contribution in [0, 0.1) is 11.3 Å². The van der Waals surface area contributed by atoms with Crippen molar-refractivity contribution in [1.82, 2.24) is 5.32 Å². The molecule has 1 aliphatic carbocycles. The Morgan fingerprint density at radius 1 is 1.17 bits per heavy atom. The summed E-state index contributed by atoms with van der Waals surface area (Å²) in [6, 6.07) is 8.37. The number of likely N-dealkylation sites (N-methyl/N-ethyl adjacent to an activating group) is 1. The van der Waals surface area contributed by atoms with Crippen LogP contribution in [0.1, 0.15) is 26.2 Å². The van der Waals surface area contributed by atoms with Crippen molar-refractivity contribution < 1.29 is 4.79 Å². The van der Waals surface area contributed by atoms with Gasteiger partial charge in [0.25, 0.3) is 0 Å². The third-order valence-electron chi connectivity index (χ3n) is 5.84. The quantitative estimate of drug-likeness (QED) is 0.867. The molecule has 134 valence electrons. The topological polar surface area (TPSA) is 35.6 Å². The molecule has 1 aromatic carbocycles. The minimum absolute atomic E-state index is 0. The van der Waals surface area contributed by atoms with Crippen LogP contribution < -0.4 is 15.1 Å². The lowest BCUT2D eigenvalue weighted by Crippen LogP contribution is -2.45. The molecule has 1 atom stereocenters. The summed E-state index contributed by atoms with van der Waals surface area (Å²) < 4.78 is 0. The Morgan fingerprint density at radius 2 is 1.83 bits per heavy atom. The van der Waals surface area contributed by atoms with Crippen LogP contribution in [0.2, 0.25) is 0 Å². The molecular formula is C18H27Cl2N3O. The highest BCUT2D eigenvalue weighted by Gasteiger charge is 2.58. The molecule has 4 nitrogen and oxygen atoms in total. The molecule has 0 aromatic heterocycles. The molecule has 24 heavy (non-hydrogen) atoms. The monoisotopic (exact) mass is 371 g/mol. The van der Waals surface area contributed by atoms with E-state index in [0.29, 0.717) is 11.3 Å². The van der Waals surface area contributed by atoms with Crippen LogP contribution in [0.15, 0.2) is 24.3 Å². The van der Waals surface area contributed by atoms with Gasteiger partial charge in [-0.2, -0.15) is 0 Å². The van der Waals surface area contributed by atoms with Crippen molar-refractivity contribution in [3.63, 3.8) is 0 Å². The van der Waals surface area contributed by atoms with Crippen molar-refractivity contribution >= 4 is 42.1 Å². The summed E-state index contributed by atoms with van der Waals surface area (Å²) >= 11 is 0. The van der Waals surface area contributed by atoms with Gasteiger partial charge in [-0.1, -0.05) is 12.1 Å². The second-order valence-electron chi connectivity index (χ2n) is 6.93. The van der Waals surface area contributed by atoms with Gasteiger partial charge in [-0.15, -0.1) is 24.8 Å². The second kappa shape index (κ2) is 7.51. The Hall–Kier alpha value is -0.970. The van der Waals surface area contributed by atoms with E-state index >= 15 is 0 Å². The van der Waals surface area contributed by atoms with E-state index in [2.05, 4.69) is 40.2 Å². The van der Waals surface area contributed by atoms with E-state index in [1.54, 1.807) is 0 Å². The Morgan fingerprint density at radius 3 is 2.50 bits per heavy atom. The van der Waals surface area contributed by atoms with E-state index in [-0.39, 0.29) is 30.7 Å². The zero-order chi connectivity index (χ0) is 15.2. The predicted octanol–water partition coefficient (Wildman–Crippen LogP) is 3.09. The first-order valence-corrected chi connectivity index (χ1v) is 8.61. The lowest BCUT2D eigenvalue weighted by molar-refractivity contribution is -0.120. The third-order valence-corrected chi connectivity index (χ3v) is 5.84. The third kappa shape index (κ3) is 3.12. The summed E-state index contributed by atoms with van der Waals surface area (Å²) in [7, 11) is 0. The van der Waals surface area contributed by atoms with Crippen molar-refractivity contribution in [2.45, 2.75) is 26.2 Å². The first-order valence-electron chi connectivity index (χ1n) is 8.61. The largest absolute Gasteiger partial charge is 0.368 e.